The monoisotopic (exact) mass is 243 g/mol. The molecule has 1 atom stereocenters. The van der Waals surface area contributed by atoms with Gasteiger partial charge < -0.3 is 5.11 Å². The molecule has 0 aromatic heterocycles. The second kappa shape index (κ2) is 6.23. The molecule has 1 N–H and O–H groups in total. The van der Waals surface area contributed by atoms with Crippen molar-refractivity contribution in [3.63, 3.8) is 0 Å². The van der Waals surface area contributed by atoms with E-state index in [2.05, 4.69) is 11.8 Å². The molecular weight excluding hydrogens is 226 g/mol. The van der Waals surface area contributed by atoms with Crippen molar-refractivity contribution in [1.82, 2.24) is 4.90 Å². The van der Waals surface area contributed by atoms with E-state index < -0.39 is 5.97 Å². The molecule has 1 aromatic rings. The standard InChI is InChI=1S/C15H17NO2/c17-15(18)14-10-4-5-11-16(14)12-6-9-13-7-2-1-3-8-13/h1-3,7-8,14H,4-5,10-12H2,(H,17,18). The number of hydrogen-bond donors (Lipinski definition) is 1. The molecule has 1 unspecified atom stereocenters. The lowest BCUT2D eigenvalue weighted by molar-refractivity contribution is -0.144. The van der Waals surface area contributed by atoms with Gasteiger partial charge in [0.25, 0.3) is 0 Å². The third-order valence-corrected chi connectivity index (χ3v) is 3.19. The summed E-state index contributed by atoms with van der Waals surface area (Å²) in [7, 11) is 0. The number of likely N-dealkylation sites (tertiary alicyclic amines) is 1. The van der Waals surface area contributed by atoms with Crippen LogP contribution in [0.2, 0.25) is 0 Å². The SMILES string of the molecule is O=C(O)C1CCCCN1CC#Cc1ccccc1. The van der Waals surface area contributed by atoms with Crippen LogP contribution in [0.25, 0.3) is 0 Å². The van der Waals surface area contributed by atoms with Crippen LogP contribution in [0.1, 0.15) is 24.8 Å². The van der Waals surface area contributed by atoms with Gasteiger partial charge in [-0.1, -0.05) is 36.5 Å². The minimum absolute atomic E-state index is 0.358. The lowest BCUT2D eigenvalue weighted by Crippen LogP contribution is -2.44. The summed E-state index contributed by atoms with van der Waals surface area (Å²) in [6.45, 7) is 1.37. The summed E-state index contributed by atoms with van der Waals surface area (Å²) < 4.78 is 0. The maximum absolute atomic E-state index is 11.1. The summed E-state index contributed by atoms with van der Waals surface area (Å²) >= 11 is 0. The van der Waals surface area contributed by atoms with Crippen molar-refractivity contribution in [3.8, 4) is 11.8 Å². The van der Waals surface area contributed by atoms with E-state index in [1.807, 2.05) is 35.2 Å². The van der Waals surface area contributed by atoms with Gasteiger partial charge in [-0.25, -0.2) is 0 Å². The van der Waals surface area contributed by atoms with Crippen molar-refractivity contribution in [3.05, 3.63) is 35.9 Å². The number of hydrogen-bond acceptors (Lipinski definition) is 2. The maximum atomic E-state index is 11.1. The molecule has 0 saturated carbocycles. The fourth-order valence-corrected chi connectivity index (χ4v) is 2.22. The van der Waals surface area contributed by atoms with Crippen molar-refractivity contribution in [2.75, 3.05) is 13.1 Å². The molecule has 0 aliphatic carbocycles. The first-order valence-electron chi connectivity index (χ1n) is 6.28. The molecule has 0 radical (unpaired) electrons. The van der Waals surface area contributed by atoms with Crippen molar-refractivity contribution in [1.29, 1.82) is 0 Å². The minimum atomic E-state index is -0.726. The molecule has 1 aromatic carbocycles. The molecular formula is C15H17NO2. The van der Waals surface area contributed by atoms with Crippen LogP contribution in [0.3, 0.4) is 0 Å². The first-order chi connectivity index (χ1) is 8.77. The second-order valence-corrected chi connectivity index (χ2v) is 4.49. The average molecular weight is 243 g/mol. The van der Waals surface area contributed by atoms with E-state index in [1.54, 1.807) is 0 Å². The molecule has 0 bridgehead atoms. The summed E-state index contributed by atoms with van der Waals surface area (Å²) in [5.41, 5.74) is 0.974. The molecule has 94 valence electrons. The summed E-state index contributed by atoms with van der Waals surface area (Å²) in [6, 6.07) is 9.41. The molecule has 3 heteroatoms. The number of aliphatic carboxylic acids is 1. The Balaban J connectivity index is 1.96. The minimum Gasteiger partial charge on any atom is -0.480 e. The molecule has 18 heavy (non-hydrogen) atoms. The number of piperidine rings is 1. The topological polar surface area (TPSA) is 40.5 Å². The Morgan fingerprint density at radius 1 is 1.33 bits per heavy atom. The molecule has 1 aliphatic rings. The Bertz CT molecular complexity index is 458. The number of carbonyl (C=O) groups is 1. The van der Waals surface area contributed by atoms with Gasteiger partial charge >= 0.3 is 5.97 Å². The van der Waals surface area contributed by atoms with Gasteiger partial charge in [0.1, 0.15) is 6.04 Å². The van der Waals surface area contributed by atoms with Gasteiger partial charge in [-0.15, -0.1) is 0 Å². The Morgan fingerprint density at radius 3 is 2.83 bits per heavy atom. The van der Waals surface area contributed by atoms with Crippen molar-refractivity contribution >= 4 is 5.97 Å². The van der Waals surface area contributed by atoms with E-state index in [0.29, 0.717) is 6.54 Å². The number of carboxylic acid groups (broad SMARTS) is 1. The lowest BCUT2D eigenvalue weighted by atomic mass is 10.0. The lowest BCUT2D eigenvalue weighted by Gasteiger charge is -2.31. The molecule has 2 rings (SSSR count). The fraction of sp³-hybridized carbons (Fsp3) is 0.400. The van der Waals surface area contributed by atoms with Gasteiger partial charge in [-0.2, -0.15) is 0 Å². The molecule has 1 saturated heterocycles. The maximum Gasteiger partial charge on any atom is 0.320 e. The highest BCUT2D eigenvalue weighted by Gasteiger charge is 2.27. The Morgan fingerprint density at radius 2 is 2.11 bits per heavy atom. The van der Waals surface area contributed by atoms with Crippen LogP contribution < -0.4 is 0 Å². The zero-order valence-electron chi connectivity index (χ0n) is 10.3. The largest absolute Gasteiger partial charge is 0.480 e. The molecule has 1 heterocycles. The third-order valence-electron chi connectivity index (χ3n) is 3.19. The normalized spacial score (nSPS) is 19.9. The summed E-state index contributed by atoms with van der Waals surface area (Å²) in [5, 5.41) is 9.14. The van der Waals surface area contributed by atoms with Crippen molar-refractivity contribution < 1.29 is 9.90 Å². The first-order valence-corrected chi connectivity index (χ1v) is 6.28. The van der Waals surface area contributed by atoms with Crippen LogP contribution in [0.5, 0.6) is 0 Å². The van der Waals surface area contributed by atoms with Crippen LogP contribution in [-0.2, 0) is 4.79 Å². The van der Waals surface area contributed by atoms with Gasteiger partial charge in [0.05, 0.1) is 6.54 Å². The molecule has 0 spiro atoms. The summed E-state index contributed by atoms with van der Waals surface area (Å²) in [5.74, 6) is 5.41. The molecule has 3 nitrogen and oxygen atoms in total. The number of benzene rings is 1. The van der Waals surface area contributed by atoms with Gasteiger partial charge in [0.15, 0.2) is 0 Å². The van der Waals surface area contributed by atoms with Crippen molar-refractivity contribution in [2.24, 2.45) is 0 Å². The highest BCUT2D eigenvalue weighted by molar-refractivity contribution is 5.73. The van der Waals surface area contributed by atoms with E-state index in [4.69, 9.17) is 5.11 Å². The number of rotatable bonds is 2. The van der Waals surface area contributed by atoms with Crippen LogP contribution in [0.4, 0.5) is 0 Å². The van der Waals surface area contributed by atoms with Gasteiger partial charge in [-0.05, 0) is 31.5 Å². The summed E-state index contributed by atoms with van der Waals surface area (Å²) in [6.07, 6.45) is 2.80. The zero-order valence-corrected chi connectivity index (χ0v) is 10.3. The number of carboxylic acids is 1. The van der Waals surface area contributed by atoms with Gasteiger partial charge in [-0.3, -0.25) is 9.69 Å². The molecule has 1 aliphatic heterocycles. The van der Waals surface area contributed by atoms with Crippen LogP contribution in [0, 0.1) is 11.8 Å². The Labute approximate surface area is 107 Å². The van der Waals surface area contributed by atoms with Gasteiger partial charge in [0, 0.05) is 5.56 Å². The van der Waals surface area contributed by atoms with E-state index in [9.17, 15) is 4.79 Å². The fourth-order valence-electron chi connectivity index (χ4n) is 2.22. The van der Waals surface area contributed by atoms with Crippen LogP contribution in [0.15, 0.2) is 30.3 Å². The first kappa shape index (κ1) is 12.7. The van der Waals surface area contributed by atoms with Crippen LogP contribution >= 0.6 is 0 Å². The van der Waals surface area contributed by atoms with E-state index >= 15 is 0 Å². The average Bonchev–Trinajstić information content (AvgIpc) is 2.40. The summed E-state index contributed by atoms with van der Waals surface area (Å²) in [4.78, 5) is 13.1. The molecule has 0 amide bonds. The predicted molar refractivity (Wildman–Crippen MR) is 70.2 cm³/mol. The highest BCUT2D eigenvalue weighted by Crippen LogP contribution is 2.16. The zero-order chi connectivity index (χ0) is 12.8. The number of nitrogens with zero attached hydrogens (tertiary/aromatic N) is 1. The third kappa shape index (κ3) is 3.35. The van der Waals surface area contributed by atoms with Gasteiger partial charge in [0.2, 0.25) is 0 Å². The Kier molecular flexibility index (Phi) is 4.38. The second-order valence-electron chi connectivity index (χ2n) is 4.49. The molecule has 1 fully saturated rings. The quantitative estimate of drug-likeness (QED) is 0.807. The predicted octanol–water partition coefficient (Wildman–Crippen LogP) is 1.98. The smallest absolute Gasteiger partial charge is 0.320 e. The van der Waals surface area contributed by atoms with Crippen LogP contribution in [-0.4, -0.2) is 35.1 Å². The van der Waals surface area contributed by atoms with E-state index in [0.717, 1.165) is 31.4 Å². The van der Waals surface area contributed by atoms with E-state index in [-0.39, 0.29) is 6.04 Å². The van der Waals surface area contributed by atoms with E-state index in [1.165, 1.54) is 0 Å². The Hall–Kier alpha value is -1.79. The van der Waals surface area contributed by atoms with Crippen molar-refractivity contribution in [2.45, 2.75) is 25.3 Å². The highest BCUT2D eigenvalue weighted by atomic mass is 16.4.